The summed E-state index contributed by atoms with van der Waals surface area (Å²) in [6, 6.07) is 3.84. The van der Waals surface area contributed by atoms with Crippen LogP contribution in [0.1, 0.15) is 20.3 Å². The van der Waals surface area contributed by atoms with Crippen molar-refractivity contribution in [3.8, 4) is 0 Å². The number of nitrogens with one attached hydrogen (secondary N) is 1. The van der Waals surface area contributed by atoms with E-state index in [0.717, 1.165) is 37.8 Å². The first-order valence-electron chi connectivity index (χ1n) is 6.74. The average molecular weight is 263 g/mol. The summed E-state index contributed by atoms with van der Waals surface area (Å²) in [5.74, 6) is 1.33. The van der Waals surface area contributed by atoms with Crippen molar-refractivity contribution in [3.05, 3.63) is 18.3 Å². The van der Waals surface area contributed by atoms with Gasteiger partial charge in [0.25, 0.3) is 0 Å². The summed E-state index contributed by atoms with van der Waals surface area (Å²) in [5.41, 5.74) is 0.752. The lowest BCUT2D eigenvalue weighted by molar-refractivity contribution is -0.116. The van der Waals surface area contributed by atoms with Crippen LogP contribution in [-0.2, 0) is 9.53 Å². The van der Waals surface area contributed by atoms with Gasteiger partial charge in [0.2, 0.25) is 5.91 Å². The van der Waals surface area contributed by atoms with E-state index in [1.54, 1.807) is 6.20 Å². The fourth-order valence-corrected chi connectivity index (χ4v) is 2.02. The molecule has 2 heterocycles. The highest BCUT2D eigenvalue weighted by molar-refractivity contribution is 5.90. The summed E-state index contributed by atoms with van der Waals surface area (Å²) < 4.78 is 5.31. The Balaban J connectivity index is 1.92. The monoisotopic (exact) mass is 263 g/mol. The molecule has 0 saturated carbocycles. The maximum absolute atomic E-state index is 11.6. The molecule has 0 atom stereocenters. The summed E-state index contributed by atoms with van der Waals surface area (Å²) >= 11 is 0. The van der Waals surface area contributed by atoms with Crippen LogP contribution in [0.5, 0.6) is 0 Å². The van der Waals surface area contributed by atoms with Crippen LogP contribution in [0.4, 0.5) is 11.5 Å². The smallest absolute Gasteiger partial charge is 0.224 e. The predicted molar refractivity (Wildman–Crippen MR) is 75.4 cm³/mol. The van der Waals surface area contributed by atoms with E-state index in [9.17, 15) is 4.79 Å². The van der Waals surface area contributed by atoms with Crippen molar-refractivity contribution in [3.63, 3.8) is 0 Å². The largest absolute Gasteiger partial charge is 0.378 e. The highest BCUT2D eigenvalue weighted by Gasteiger charge is 2.12. The predicted octanol–water partition coefficient (Wildman–Crippen LogP) is 1.90. The summed E-state index contributed by atoms with van der Waals surface area (Å²) in [7, 11) is 0. The number of anilines is 2. The van der Waals surface area contributed by atoms with Crippen LogP contribution in [0, 0.1) is 5.92 Å². The highest BCUT2D eigenvalue weighted by atomic mass is 16.5. The van der Waals surface area contributed by atoms with Crippen LogP contribution in [0.2, 0.25) is 0 Å². The van der Waals surface area contributed by atoms with Crippen LogP contribution in [0.15, 0.2) is 18.3 Å². The molecule has 2 rings (SSSR count). The Hall–Kier alpha value is -1.62. The summed E-state index contributed by atoms with van der Waals surface area (Å²) in [6.45, 7) is 7.28. The molecule has 0 bridgehead atoms. The number of pyridine rings is 1. The fraction of sp³-hybridized carbons (Fsp3) is 0.571. The molecule has 1 aliphatic rings. The molecule has 1 aromatic rings. The van der Waals surface area contributed by atoms with Crippen molar-refractivity contribution < 1.29 is 9.53 Å². The number of aromatic nitrogens is 1. The maximum Gasteiger partial charge on any atom is 0.224 e. The Kier molecular flexibility index (Phi) is 4.74. The van der Waals surface area contributed by atoms with Gasteiger partial charge in [0.05, 0.1) is 25.1 Å². The zero-order valence-corrected chi connectivity index (χ0v) is 11.6. The number of hydrogen-bond acceptors (Lipinski definition) is 4. The molecular formula is C14H21N3O2. The van der Waals surface area contributed by atoms with Gasteiger partial charge in [-0.2, -0.15) is 0 Å². The van der Waals surface area contributed by atoms with Crippen LogP contribution in [-0.4, -0.2) is 37.2 Å². The standard InChI is InChI=1S/C14H21N3O2/c1-11(2)9-14(18)16-12-3-4-13(15-10-12)17-5-7-19-8-6-17/h3-4,10-11H,5-9H2,1-2H3,(H,16,18). The van der Waals surface area contributed by atoms with E-state index >= 15 is 0 Å². The number of carbonyl (C=O) groups excluding carboxylic acids is 1. The van der Waals surface area contributed by atoms with E-state index in [2.05, 4.69) is 15.2 Å². The minimum absolute atomic E-state index is 0.0379. The molecule has 19 heavy (non-hydrogen) atoms. The number of ether oxygens (including phenoxy) is 1. The van der Waals surface area contributed by atoms with E-state index in [0.29, 0.717) is 12.3 Å². The number of amides is 1. The molecule has 0 radical (unpaired) electrons. The highest BCUT2D eigenvalue weighted by Crippen LogP contribution is 2.15. The Labute approximate surface area is 114 Å². The van der Waals surface area contributed by atoms with Crippen molar-refractivity contribution in [2.45, 2.75) is 20.3 Å². The Morgan fingerprint density at radius 2 is 2.16 bits per heavy atom. The van der Waals surface area contributed by atoms with E-state index < -0.39 is 0 Å². The van der Waals surface area contributed by atoms with Gasteiger partial charge in [0.15, 0.2) is 0 Å². The summed E-state index contributed by atoms with van der Waals surface area (Å²) in [5, 5.41) is 2.86. The molecule has 104 valence electrons. The molecule has 0 spiro atoms. The van der Waals surface area contributed by atoms with Crippen molar-refractivity contribution in [2.75, 3.05) is 36.5 Å². The van der Waals surface area contributed by atoms with Crippen LogP contribution >= 0.6 is 0 Å². The summed E-state index contributed by atoms with van der Waals surface area (Å²) in [6.07, 6.45) is 2.24. The maximum atomic E-state index is 11.6. The average Bonchev–Trinajstić information content (AvgIpc) is 2.39. The zero-order valence-electron chi connectivity index (χ0n) is 11.6. The third-order valence-electron chi connectivity index (χ3n) is 2.96. The van der Waals surface area contributed by atoms with Gasteiger partial charge in [-0.3, -0.25) is 4.79 Å². The molecule has 1 aromatic heterocycles. The molecule has 1 saturated heterocycles. The van der Waals surface area contributed by atoms with Gasteiger partial charge in [0, 0.05) is 19.5 Å². The number of hydrogen-bond donors (Lipinski definition) is 1. The number of rotatable bonds is 4. The first kappa shape index (κ1) is 13.8. The SMILES string of the molecule is CC(C)CC(=O)Nc1ccc(N2CCOCC2)nc1. The van der Waals surface area contributed by atoms with Gasteiger partial charge in [0.1, 0.15) is 5.82 Å². The van der Waals surface area contributed by atoms with Gasteiger partial charge < -0.3 is 15.0 Å². The van der Waals surface area contributed by atoms with Crippen molar-refractivity contribution in [1.82, 2.24) is 4.98 Å². The van der Waals surface area contributed by atoms with Crippen LogP contribution in [0.25, 0.3) is 0 Å². The number of carbonyl (C=O) groups is 1. The van der Waals surface area contributed by atoms with E-state index in [1.165, 1.54) is 0 Å². The second kappa shape index (κ2) is 6.52. The minimum atomic E-state index is 0.0379. The Morgan fingerprint density at radius 3 is 2.74 bits per heavy atom. The topological polar surface area (TPSA) is 54.5 Å². The molecule has 1 amide bonds. The summed E-state index contributed by atoms with van der Waals surface area (Å²) in [4.78, 5) is 18.2. The molecule has 1 fully saturated rings. The van der Waals surface area contributed by atoms with Gasteiger partial charge >= 0.3 is 0 Å². The van der Waals surface area contributed by atoms with E-state index in [4.69, 9.17) is 4.74 Å². The van der Waals surface area contributed by atoms with E-state index in [1.807, 2.05) is 26.0 Å². The second-order valence-electron chi connectivity index (χ2n) is 5.15. The fourth-order valence-electron chi connectivity index (χ4n) is 2.02. The first-order valence-corrected chi connectivity index (χ1v) is 6.74. The molecule has 0 aliphatic carbocycles. The van der Waals surface area contributed by atoms with Gasteiger partial charge in [-0.1, -0.05) is 13.8 Å². The lowest BCUT2D eigenvalue weighted by Gasteiger charge is -2.27. The van der Waals surface area contributed by atoms with Gasteiger partial charge in [-0.05, 0) is 18.1 Å². The van der Waals surface area contributed by atoms with Crippen LogP contribution in [0.3, 0.4) is 0 Å². The Bertz CT molecular complexity index is 411. The van der Waals surface area contributed by atoms with Crippen molar-refractivity contribution >= 4 is 17.4 Å². The Morgan fingerprint density at radius 1 is 1.42 bits per heavy atom. The second-order valence-corrected chi connectivity index (χ2v) is 5.15. The van der Waals surface area contributed by atoms with Crippen LogP contribution < -0.4 is 10.2 Å². The van der Waals surface area contributed by atoms with Crippen molar-refractivity contribution in [2.24, 2.45) is 5.92 Å². The quantitative estimate of drug-likeness (QED) is 0.901. The van der Waals surface area contributed by atoms with E-state index in [-0.39, 0.29) is 5.91 Å². The van der Waals surface area contributed by atoms with Gasteiger partial charge in [-0.25, -0.2) is 4.98 Å². The lowest BCUT2D eigenvalue weighted by Crippen LogP contribution is -2.36. The third-order valence-corrected chi connectivity index (χ3v) is 2.96. The lowest BCUT2D eigenvalue weighted by atomic mass is 10.1. The normalized spacial score (nSPS) is 15.6. The zero-order chi connectivity index (χ0) is 13.7. The van der Waals surface area contributed by atoms with Crippen molar-refractivity contribution in [1.29, 1.82) is 0 Å². The van der Waals surface area contributed by atoms with Gasteiger partial charge in [-0.15, -0.1) is 0 Å². The number of morpholine rings is 1. The minimum Gasteiger partial charge on any atom is -0.378 e. The molecule has 0 aromatic carbocycles. The number of nitrogens with zero attached hydrogens (tertiary/aromatic N) is 2. The molecule has 5 heteroatoms. The first-order chi connectivity index (χ1) is 9.15. The molecule has 5 nitrogen and oxygen atoms in total. The molecule has 0 unspecified atom stereocenters. The third kappa shape index (κ3) is 4.21. The molecule has 1 aliphatic heterocycles. The molecular weight excluding hydrogens is 242 g/mol. The molecule has 1 N–H and O–H groups in total.